The molecule has 1 aromatic carbocycles. The summed E-state index contributed by atoms with van der Waals surface area (Å²) in [5.41, 5.74) is 0.797. The number of hydrogen-bond donors (Lipinski definition) is 1. The fourth-order valence-corrected chi connectivity index (χ4v) is 3.56. The van der Waals surface area contributed by atoms with Crippen molar-refractivity contribution in [2.24, 2.45) is 0 Å². The summed E-state index contributed by atoms with van der Waals surface area (Å²) in [5, 5.41) is 4.11. The first-order valence-corrected chi connectivity index (χ1v) is 8.29. The monoisotopic (exact) mass is 332 g/mol. The van der Waals surface area contributed by atoms with E-state index in [0.29, 0.717) is 17.1 Å². The molecule has 1 aliphatic heterocycles. The van der Waals surface area contributed by atoms with E-state index in [-0.39, 0.29) is 11.1 Å². The molecule has 1 fully saturated rings. The van der Waals surface area contributed by atoms with Crippen LogP contribution in [0.1, 0.15) is 45.2 Å². The number of nitrogens with zero attached hydrogens (tertiary/aromatic N) is 1. The average Bonchev–Trinajstić information content (AvgIpc) is 2.92. The second-order valence-corrected chi connectivity index (χ2v) is 6.86. The SMILES string of the molecule is CC(C)N(CC1CCCN1)C(C)c1cc(F)c(Cl)cc1Cl. The van der Waals surface area contributed by atoms with E-state index in [1.54, 1.807) is 0 Å². The van der Waals surface area contributed by atoms with E-state index < -0.39 is 5.82 Å². The lowest BCUT2D eigenvalue weighted by atomic mass is 10.0. The number of rotatable bonds is 5. The minimum Gasteiger partial charge on any atom is -0.313 e. The van der Waals surface area contributed by atoms with E-state index in [2.05, 4.69) is 31.0 Å². The molecular weight excluding hydrogens is 310 g/mol. The minimum absolute atomic E-state index is 0.0478. The Morgan fingerprint density at radius 3 is 2.57 bits per heavy atom. The third kappa shape index (κ3) is 4.10. The molecule has 1 aromatic rings. The summed E-state index contributed by atoms with van der Waals surface area (Å²) in [6, 6.07) is 3.87. The zero-order chi connectivity index (χ0) is 15.6. The second-order valence-electron chi connectivity index (χ2n) is 6.05. The van der Waals surface area contributed by atoms with Gasteiger partial charge >= 0.3 is 0 Å². The third-order valence-corrected chi connectivity index (χ3v) is 4.86. The summed E-state index contributed by atoms with van der Waals surface area (Å²) >= 11 is 12.1. The Balaban J connectivity index is 2.21. The molecule has 5 heteroatoms. The van der Waals surface area contributed by atoms with E-state index >= 15 is 0 Å². The van der Waals surface area contributed by atoms with Gasteiger partial charge in [-0.2, -0.15) is 0 Å². The highest BCUT2D eigenvalue weighted by Gasteiger charge is 2.26. The van der Waals surface area contributed by atoms with Crippen LogP contribution in [0.25, 0.3) is 0 Å². The summed E-state index contributed by atoms with van der Waals surface area (Å²) in [5.74, 6) is -0.411. The molecule has 2 nitrogen and oxygen atoms in total. The van der Waals surface area contributed by atoms with Gasteiger partial charge in [-0.15, -0.1) is 0 Å². The Morgan fingerprint density at radius 2 is 2.00 bits per heavy atom. The zero-order valence-corrected chi connectivity index (χ0v) is 14.3. The lowest BCUT2D eigenvalue weighted by Crippen LogP contribution is -2.42. The molecule has 2 atom stereocenters. The molecule has 2 unspecified atom stereocenters. The molecule has 118 valence electrons. The van der Waals surface area contributed by atoms with Crippen molar-refractivity contribution >= 4 is 23.2 Å². The van der Waals surface area contributed by atoms with Crippen molar-refractivity contribution in [3.05, 3.63) is 33.6 Å². The van der Waals surface area contributed by atoms with Crippen molar-refractivity contribution < 1.29 is 4.39 Å². The van der Waals surface area contributed by atoms with Gasteiger partial charge in [0.05, 0.1) is 5.02 Å². The number of halogens is 3. The van der Waals surface area contributed by atoms with Crippen LogP contribution in [-0.4, -0.2) is 30.1 Å². The summed E-state index contributed by atoms with van der Waals surface area (Å²) in [6.07, 6.45) is 2.42. The first-order valence-electron chi connectivity index (χ1n) is 7.53. The van der Waals surface area contributed by atoms with Crippen LogP contribution in [-0.2, 0) is 0 Å². The molecular formula is C16H23Cl2FN2. The molecule has 0 spiro atoms. The predicted octanol–water partition coefficient (Wildman–Crippen LogP) is 4.66. The molecule has 0 amide bonds. The molecule has 1 N–H and O–H groups in total. The number of nitrogens with one attached hydrogen (secondary N) is 1. The van der Waals surface area contributed by atoms with E-state index in [0.717, 1.165) is 18.7 Å². The molecule has 1 heterocycles. The van der Waals surface area contributed by atoms with Gasteiger partial charge in [0, 0.05) is 29.7 Å². The van der Waals surface area contributed by atoms with Crippen molar-refractivity contribution in [2.45, 2.75) is 51.7 Å². The molecule has 0 radical (unpaired) electrons. The summed E-state index contributed by atoms with van der Waals surface area (Å²) < 4.78 is 13.8. The highest BCUT2D eigenvalue weighted by Crippen LogP contribution is 2.32. The Hall–Kier alpha value is -0.350. The standard InChI is InChI=1S/C16H23Cl2FN2/c1-10(2)21(9-12-5-4-6-20-12)11(3)13-7-16(19)15(18)8-14(13)17/h7-8,10-12,20H,4-6,9H2,1-3H3. The lowest BCUT2D eigenvalue weighted by molar-refractivity contribution is 0.149. The summed E-state index contributed by atoms with van der Waals surface area (Å²) in [7, 11) is 0. The lowest BCUT2D eigenvalue weighted by Gasteiger charge is -2.35. The first kappa shape index (κ1) is 17.0. The Bertz CT molecular complexity index is 487. The molecule has 0 saturated carbocycles. The minimum atomic E-state index is -0.411. The number of benzene rings is 1. The van der Waals surface area contributed by atoms with Crippen molar-refractivity contribution in [1.29, 1.82) is 0 Å². The van der Waals surface area contributed by atoms with Crippen molar-refractivity contribution in [1.82, 2.24) is 10.2 Å². The molecule has 1 saturated heterocycles. The van der Waals surface area contributed by atoms with E-state index in [1.807, 2.05) is 0 Å². The Morgan fingerprint density at radius 1 is 1.29 bits per heavy atom. The Kier molecular flexibility index (Phi) is 5.89. The highest BCUT2D eigenvalue weighted by molar-refractivity contribution is 6.35. The van der Waals surface area contributed by atoms with Gasteiger partial charge in [0.15, 0.2) is 0 Å². The van der Waals surface area contributed by atoms with Crippen LogP contribution >= 0.6 is 23.2 Å². The molecule has 0 aromatic heterocycles. The van der Waals surface area contributed by atoms with Crippen LogP contribution in [0.3, 0.4) is 0 Å². The van der Waals surface area contributed by atoms with Crippen molar-refractivity contribution in [2.75, 3.05) is 13.1 Å². The molecule has 0 bridgehead atoms. The quantitative estimate of drug-likeness (QED) is 0.789. The van der Waals surface area contributed by atoms with Gasteiger partial charge < -0.3 is 5.32 Å². The highest BCUT2D eigenvalue weighted by atomic mass is 35.5. The predicted molar refractivity (Wildman–Crippen MR) is 87.7 cm³/mol. The first-order chi connectivity index (χ1) is 9.90. The maximum Gasteiger partial charge on any atom is 0.142 e. The largest absolute Gasteiger partial charge is 0.313 e. The van der Waals surface area contributed by atoms with Crippen LogP contribution in [0.2, 0.25) is 10.0 Å². The third-order valence-electron chi connectivity index (χ3n) is 4.24. The molecule has 0 aliphatic carbocycles. The number of hydrogen-bond acceptors (Lipinski definition) is 2. The fraction of sp³-hybridized carbons (Fsp3) is 0.625. The maximum atomic E-state index is 13.8. The smallest absolute Gasteiger partial charge is 0.142 e. The second kappa shape index (κ2) is 7.28. The molecule has 21 heavy (non-hydrogen) atoms. The topological polar surface area (TPSA) is 15.3 Å². The summed E-state index contributed by atoms with van der Waals surface area (Å²) in [4.78, 5) is 2.36. The molecule has 1 aliphatic rings. The van der Waals surface area contributed by atoms with Crippen LogP contribution in [0, 0.1) is 5.82 Å². The van der Waals surface area contributed by atoms with Gasteiger partial charge in [-0.1, -0.05) is 23.2 Å². The van der Waals surface area contributed by atoms with Crippen molar-refractivity contribution in [3.63, 3.8) is 0 Å². The molecule has 2 rings (SSSR count). The average molecular weight is 333 g/mol. The van der Waals surface area contributed by atoms with Gasteiger partial charge in [0.1, 0.15) is 5.82 Å². The van der Waals surface area contributed by atoms with Gasteiger partial charge in [0.2, 0.25) is 0 Å². The van der Waals surface area contributed by atoms with Gasteiger partial charge in [0.25, 0.3) is 0 Å². The fourth-order valence-electron chi connectivity index (χ4n) is 3.02. The van der Waals surface area contributed by atoms with Gasteiger partial charge in [-0.05, 0) is 57.9 Å². The Labute approximate surface area is 136 Å². The van der Waals surface area contributed by atoms with Crippen LogP contribution < -0.4 is 5.32 Å². The van der Waals surface area contributed by atoms with Gasteiger partial charge in [-0.25, -0.2) is 4.39 Å². The zero-order valence-electron chi connectivity index (χ0n) is 12.8. The van der Waals surface area contributed by atoms with Crippen LogP contribution in [0.15, 0.2) is 12.1 Å². The van der Waals surface area contributed by atoms with Crippen molar-refractivity contribution in [3.8, 4) is 0 Å². The van der Waals surface area contributed by atoms with E-state index in [1.165, 1.54) is 25.0 Å². The maximum absolute atomic E-state index is 13.8. The normalized spacial score (nSPS) is 20.5. The van der Waals surface area contributed by atoms with E-state index in [9.17, 15) is 4.39 Å². The van der Waals surface area contributed by atoms with Crippen LogP contribution in [0.4, 0.5) is 4.39 Å². The van der Waals surface area contributed by atoms with E-state index in [4.69, 9.17) is 23.2 Å². The van der Waals surface area contributed by atoms with Gasteiger partial charge in [-0.3, -0.25) is 4.90 Å². The summed E-state index contributed by atoms with van der Waals surface area (Å²) in [6.45, 7) is 8.42. The van der Waals surface area contributed by atoms with Crippen LogP contribution in [0.5, 0.6) is 0 Å².